The Morgan fingerprint density at radius 2 is 1.26 bits per heavy atom. The van der Waals surface area contributed by atoms with Crippen LogP contribution < -0.4 is 0 Å². The minimum Gasteiger partial charge on any atom is -0.237 e. The minimum atomic E-state index is -5.84. The highest BCUT2D eigenvalue weighted by atomic mass is 32.2. The van der Waals surface area contributed by atoms with Crippen molar-refractivity contribution in [1.82, 2.24) is 9.34 Å². The molecule has 0 aromatic heterocycles. The molecule has 0 bridgehead atoms. The van der Waals surface area contributed by atoms with E-state index in [0.717, 1.165) is 24.0 Å². The lowest BCUT2D eigenvalue weighted by Gasteiger charge is -2.31. The molecule has 1 heterocycles. The fourth-order valence-electron chi connectivity index (χ4n) is 4.50. The van der Waals surface area contributed by atoms with E-state index in [1.54, 1.807) is 57.9 Å². The monoisotopic (exact) mass is 522 g/mol. The lowest BCUT2D eigenvalue weighted by molar-refractivity contribution is -0.0500. The van der Waals surface area contributed by atoms with Gasteiger partial charge in [-0.2, -0.15) is 32.1 Å². The molecular weight excluding hydrogens is 500 g/mol. The van der Waals surface area contributed by atoms with Crippen LogP contribution in [0.2, 0.25) is 0 Å². The number of hydrogen-bond donors (Lipinski definition) is 0. The van der Waals surface area contributed by atoms with Crippen LogP contribution in [-0.2, 0) is 27.2 Å². The maximum atomic E-state index is 13.3. The van der Waals surface area contributed by atoms with E-state index in [1.807, 2.05) is 12.1 Å². The first kappa shape index (κ1) is 25.6. The Hall–Kier alpha value is -2.53. The number of benzene rings is 2. The molecule has 12 heteroatoms. The van der Waals surface area contributed by atoms with Gasteiger partial charge >= 0.3 is 15.6 Å². The molecule has 0 N–H and O–H groups in total. The quantitative estimate of drug-likeness (QED) is 0.382. The fourth-order valence-corrected chi connectivity index (χ4v) is 8.14. The number of fused-ring (bicyclic) bond motifs is 1. The van der Waals surface area contributed by atoms with E-state index >= 15 is 0 Å². The van der Waals surface area contributed by atoms with Gasteiger partial charge in [-0.05, 0) is 48.2 Å². The van der Waals surface area contributed by atoms with E-state index in [-0.39, 0.29) is 25.2 Å². The third-order valence-electron chi connectivity index (χ3n) is 6.20. The highest BCUT2D eigenvalue weighted by molar-refractivity contribution is 7.91. The summed E-state index contributed by atoms with van der Waals surface area (Å²) in [6.45, 7) is 0.381. The molecule has 35 heavy (non-hydrogen) atoms. The molecule has 2 aromatic carbocycles. The zero-order valence-electron chi connectivity index (χ0n) is 18.5. The largest absolute Gasteiger partial charge is 0.523 e. The smallest absolute Gasteiger partial charge is 0.237 e. The highest BCUT2D eigenvalue weighted by Crippen LogP contribution is 2.61. The van der Waals surface area contributed by atoms with Gasteiger partial charge in [0.15, 0.2) is 0 Å². The molecule has 1 aliphatic carbocycles. The molecule has 184 valence electrons. The first-order valence-corrected chi connectivity index (χ1v) is 13.5. The zero-order chi connectivity index (χ0) is 25.2. The van der Waals surface area contributed by atoms with Crippen molar-refractivity contribution in [3.8, 4) is 12.1 Å². The summed E-state index contributed by atoms with van der Waals surface area (Å²) in [7, 11) is -8.15. The van der Waals surface area contributed by atoms with E-state index in [1.165, 1.54) is 0 Å². The Labute approximate surface area is 203 Å². The minimum absolute atomic E-state index is 0.174. The number of rotatable bonds is 6. The van der Waals surface area contributed by atoms with Crippen molar-refractivity contribution in [1.29, 1.82) is 10.5 Å². The molecule has 0 spiro atoms. The summed E-state index contributed by atoms with van der Waals surface area (Å²) in [4.78, 5) is 0. The van der Waals surface area contributed by atoms with Gasteiger partial charge in [-0.25, -0.2) is 13.3 Å². The number of nitrogens with zero attached hydrogens (tertiary/aromatic N) is 4. The summed E-state index contributed by atoms with van der Waals surface area (Å²) in [6.07, 6.45) is 3.17. The maximum absolute atomic E-state index is 13.3. The van der Waals surface area contributed by atoms with Crippen LogP contribution in [0.1, 0.15) is 47.9 Å². The Morgan fingerprint density at radius 3 is 1.60 bits per heavy atom. The van der Waals surface area contributed by atoms with Gasteiger partial charge in [0.25, 0.3) is 0 Å². The average molecular weight is 522 g/mol. The topological polar surface area (TPSA) is 97.4 Å². The van der Waals surface area contributed by atoms with Crippen molar-refractivity contribution >= 4 is 18.6 Å². The fraction of sp³-hybridized carbons (Fsp3) is 0.391. The number of nitriles is 2. The Morgan fingerprint density at radius 1 is 0.857 bits per heavy atom. The Balaban J connectivity index is 1.71. The lowest BCUT2D eigenvalue weighted by atomic mass is 9.90. The van der Waals surface area contributed by atoms with E-state index in [4.69, 9.17) is 14.5 Å². The van der Waals surface area contributed by atoms with Crippen LogP contribution in [0.3, 0.4) is 0 Å². The van der Waals surface area contributed by atoms with Crippen molar-refractivity contribution in [3.05, 3.63) is 70.8 Å². The van der Waals surface area contributed by atoms with Crippen LogP contribution in [0.4, 0.5) is 13.2 Å². The summed E-state index contributed by atoms with van der Waals surface area (Å²) in [5, 5.41) is 18.1. The van der Waals surface area contributed by atoms with E-state index in [0.29, 0.717) is 24.0 Å². The molecule has 2 aliphatic rings. The van der Waals surface area contributed by atoms with Crippen molar-refractivity contribution in [2.45, 2.75) is 56.4 Å². The molecule has 1 aliphatic heterocycles. The normalized spacial score (nSPS) is 21.9. The van der Waals surface area contributed by atoms with Crippen molar-refractivity contribution < 1.29 is 25.6 Å². The summed E-state index contributed by atoms with van der Waals surface area (Å²) in [6, 6.07) is 17.0. The molecule has 2 fully saturated rings. The second kappa shape index (κ2) is 10.2. The van der Waals surface area contributed by atoms with Gasteiger partial charge in [-0.15, -0.1) is 0 Å². The molecule has 0 amide bonds. The summed E-state index contributed by atoms with van der Waals surface area (Å²) in [5.74, 6) is 0. The van der Waals surface area contributed by atoms with Gasteiger partial charge in [-0.3, -0.25) is 0 Å². The first-order chi connectivity index (χ1) is 16.6. The molecule has 1 saturated heterocycles. The van der Waals surface area contributed by atoms with Crippen molar-refractivity contribution in [2.24, 2.45) is 0 Å². The maximum Gasteiger partial charge on any atom is 0.523 e. The Kier molecular flexibility index (Phi) is 7.46. The van der Waals surface area contributed by atoms with Gasteiger partial charge in [0, 0.05) is 25.2 Å². The standard InChI is InChI=1S/C23H22F3N4O3PS/c24-23(25,26)35(31,32)33-34-29(15-19-9-5-17(13-27)6-10-19)21-3-1-2-4-22(21)30(34)16-20-11-7-18(14-28)8-12-20/h5-12,21-22H,1-4,15-16H2/t21-,22-/m1/s1. The SMILES string of the molecule is N#Cc1ccc(CN2[C@@H]3CCCC[C@H]3N(Cc3ccc(C#N)cc3)P2OS(=O)(=O)C(F)(F)F)cc1. The van der Waals surface area contributed by atoms with Gasteiger partial charge < -0.3 is 0 Å². The molecule has 1 saturated carbocycles. The second-order valence-electron chi connectivity index (χ2n) is 8.46. The third kappa shape index (κ3) is 5.50. The van der Waals surface area contributed by atoms with Gasteiger partial charge in [0.2, 0.25) is 8.45 Å². The number of alkyl halides is 3. The third-order valence-corrected chi connectivity index (χ3v) is 9.84. The van der Waals surface area contributed by atoms with Crippen LogP contribution in [-0.4, -0.2) is 35.4 Å². The van der Waals surface area contributed by atoms with Crippen molar-refractivity contribution in [2.75, 3.05) is 0 Å². The summed E-state index contributed by atoms with van der Waals surface area (Å²) >= 11 is 0. The van der Waals surface area contributed by atoms with Crippen LogP contribution in [0, 0.1) is 22.7 Å². The van der Waals surface area contributed by atoms with E-state index < -0.39 is 24.1 Å². The van der Waals surface area contributed by atoms with Gasteiger partial charge in [0.05, 0.1) is 23.3 Å². The van der Waals surface area contributed by atoms with Crippen LogP contribution >= 0.6 is 8.45 Å². The van der Waals surface area contributed by atoms with Crippen LogP contribution in [0.5, 0.6) is 0 Å². The first-order valence-electron chi connectivity index (χ1n) is 10.9. The lowest BCUT2D eigenvalue weighted by Crippen LogP contribution is -2.39. The molecule has 2 atom stereocenters. The number of hydrogen-bond acceptors (Lipinski definition) is 7. The predicted octanol–water partition coefficient (Wildman–Crippen LogP) is 5.15. The molecule has 4 rings (SSSR count). The van der Waals surface area contributed by atoms with Crippen LogP contribution in [0.25, 0.3) is 0 Å². The van der Waals surface area contributed by atoms with Crippen LogP contribution in [0.15, 0.2) is 48.5 Å². The molecule has 0 radical (unpaired) electrons. The van der Waals surface area contributed by atoms with E-state index in [9.17, 15) is 21.6 Å². The molecule has 7 nitrogen and oxygen atoms in total. The van der Waals surface area contributed by atoms with Gasteiger partial charge in [-0.1, -0.05) is 37.1 Å². The zero-order valence-corrected chi connectivity index (χ0v) is 20.2. The highest BCUT2D eigenvalue weighted by Gasteiger charge is 2.56. The van der Waals surface area contributed by atoms with Crippen molar-refractivity contribution in [3.63, 3.8) is 0 Å². The van der Waals surface area contributed by atoms with Gasteiger partial charge in [0.1, 0.15) is 0 Å². The average Bonchev–Trinajstić information content (AvgIpc) is 3.11. The molecule has 2 aromatic rings. The second-order valence-corrected chi connectivity index (χ2v) is 12.0. The van der Waals surface area contributed by atoms with E-state index in [2.05, 4.69) is 0 Å². The summed E-state index contributed by atoms with van der Waals surface area (Å²) < 4.78 is 72.7. The number of halogens is 3. The summed E-state index contributed by atoms with van der Waals surface area (Å²) in [5.41, 5.74) is -3.15. The molecule has 0 unspecified atom stereocenters. The Bertz CT molecular complexity index is 1170. The molecular formula is C23H22F3N4O3PS. The predicted molar refractivity (Wildman–Crippen MR) is 122 cm³/mol.